The summed E-state index contributed by atoms with van der Waals surface area (Å²) in [5, 5.41) is 5.08. The van der Waals surface area contributed by atoms with Crippen molar-refractivity contribution in [2.75, 3.05) is 41.0 Å². The topological polar surface area (TPSA) is 77.1 Å². The number of nitrogens with one attached hydrogen (secondary N) is 1. The van der Waals surface area contributed by atoms with Gasteiger partial charge in [0, 0.05) is 19.6 Å². The summed E-state index contributed by atoms with van der Waals surface area (Å²) in [4.78, 5) is 27.0. The van der Waals surface area contributed by atoms with E-state index in [0.717, 1.165) is 40.3 Å². The third-order valence-electron chi connectivity index (χ3n) is 6.72. The Morgan fingerprint density at radius 2 is 1.61 bits per heavy atom. The van der Waals surface area contributed by atoms with Gasteiger partial charge in [-0.05, 0) is 58.5 Å². The van der Waals surface area contributed by atoms with Crippen LogP contribution in [0.3, 0.4) is 0 Å². The number of nitrogens with zero attached hydrogens (tertiary/aromatic N) is 1. The van der Waals surface area contributed by atoms with Gasteiger partial charge in [-0.1, -0.05) is 37.3 Å². The summed E-state index contributed by atoms with van der Waals surface area (Å²) in [6.45, 7) is 3.85. The molecule has 1 aliphatic heterocycles. The van der Waals surface area contributed by atoms with Gasteiger partial charge in [0.05, 0.1) is 33.7 Å². The number of hydrogen-bond donors (Lipinski definition) is 1. The van der Waals surface area contributed by atoms with Crippen LogP contribution in [0.25, 0.3) is 21.9 Å². The van der Waals surface area contributed by atoms with Crippen molar-refractivity contribution in [3.63, 3.8) is 0 Å². The minimum absolute atomic E-state index is 0.0563. The summed E-state index contributed by atoms with van der Waals surface area (Å²) < 4.78 is 16.4. The number of methoxy groups -OCH3 is 3. The van der Waals surface area contributed by atoms with Gasteiger partial charge in [-0.15, -0.1) is 0 Å². The van der Waals surface area contributed by atoms with Crippen LogP contribution in [0.1, 0.15) is 25.3 Å². The standard InChI is InChI=1S/C29H34N2O5/c1-5-11-30-29(33)23-10-12-31(18-23)27(32)14-19-6-7-21-15-22(9-8-20(21)13-19)24-16-25(34-2)28(36-4)26(17-24)35-3/h6-9,13,15-17,23H,5,10-12,14,18H2,1-4H3,(H,30,33)/t23-/m0/s1. The molecule has 36 heavy (non-hydrogen) atoms. The molecule has 1 fully saturated rings. The number of likely N-dealkylation sites (tertiary alicyclic amines) is 1. The predicted octanol–water partition coefficient (Wildman–Crippen LogP) is 4.45. The number of rotatable bonds is 9. The Morgan fingerprint density at radius 3 is 2.28 bits per heavy atom. The van der Waals surface area contributed by atoms with Gasteiger partial charge in [-0.25, -0.2) is 0 Å². The Bertz CT molecular complexity index is 1230. The Balaban J connectivity index is 1.48. The van der Waals surface area contributed by atoms with Crippen LogP contribution < -0.4 is 19.5 Å². The van der Waals surface area contributed by atoms with Gasteiger partial charge in [-0.3, -0.25) is 9.59 Å². The zero-order valence-corrected chi connectivity index (χ0v) is 21.4. The number of carbonyl (C=O) groups is 2. The van der Waals surface area contributed by atoms with Crippen LogP contribution in [-0.2, 0) is 16.0 Å². The molecule has 0 spiro atoms. The molecule has 190 valence electrons. The van der Waals surface area contributed by atoms with Crippen molar-refractivity contribution in [1.29, 1.82) is 0 Å². The van der Waals surface area contributed by atoms with Gasteiger partial charge in [0.1, 0.15) is 0 Å². The second-order valence-electron chi connectivity index (χ2n) is 9.10. The highest BCUT2D eigenvalue weighted by Gasteiger charge is 2.30. The molecular formula is C29H34N2O5. The molecule has 1 saturated heterocycles. The Hall–Kier alpha value is -3.74. The summed E-state index contributed by atoms with van der Waals surface area (Å²) >= 11 is 0. The lowest BCUT2D eigenvalue weighted by Gasteiger charge is -2.17. The molecule has 1 N–H and O–H groups in total. The van der Waals surface area contributed by atoms with E-state index in [1.54, 1.807) is 21.3 Å². The quantitative estimate of drug-likeness (QED) is 0.480. The van der Waals surface area contributed by atoms with E-state index in [1.807, 2.05) is 36.1 Å². The molecule has 0 unspecified atom stereocenters. The van der Waals surface area contributed by atoms with Crippen molar-refractivity contribution in [1.82, 2.24) is 10.2 Å². The number of amides is 2. The van der Waals surface area contributed by atoms with Crippen LogP contribution in [0, 0.1) is 5.92 Å². The second-order valence-corrected chi connectivity index (χ2v) is 9.10. The lowest BCUT2D eigenvalue weighted by atomic mass is 9.98. The summed E-state index contributed by atoms with van der Waals surface area (Å²) in [6.07, 6.45) is 1.96. The molecule has 1 aliphatic rings. The summed E-state index contributed by atoms with van der Waals surface area (Å²) in [6, 6.07) is 16.2. The van der Waals surface area contributed by atoms with E-state index in [4.69, 9.17) is 14.2 Å². The van der Waals surface area contributed by atoms with Gasteiger partial charge in [0.15, 0.2) is 11.5 Å². The van der Waals surface area contributed by atoms with Gasteiger partial charge in [-0.2, -0.15) is 0 Å². The van der Waals surface area contributed by atoms with Gasteiger partial charge < -0.3 is 24.4 Å². The Morgan fingerprint density at radius 1 is 0.917 bits per heavy atom. The van der Waals surface area contributed by atoms with Crippen LogP contribution in [0.15, 0.2) is 48.5 Å². The molecule has 3 aromatic carbocycles. The third kappa shape index (κ3) is 5.40. The smallest absolute Gasteiger partial charge is 0.227 e. The fourth-order valence-electron chi connectivity index (χ4n) is 4.71. The zero-order chi connectivity index (χ0) is 25.7. The highest BCUT2D eigenvalue weighted by atomic mass is 16.5. The summed E-state index contributed by atoms with van der Waals surface area (Å²) in [5.74, 6) is 1.78. The Labute approximate surface area is 212 Å². The first-order valence-electron chi connectivity index (χ1n) is 12.4. The maximum absolute atomic E-state index is 12.9. The minimum atomic E-state index is -0.106. The molecule has 0 bridgehead atoms. The van der Waals surface area contributed by atoms with Gasteiger partial charge in [0.25, 0.3) is 0 Å². The highest BCUT2D eigenvalue weighted by Crippen LogP contribution is 2.41. The maximum atomic E-state index is 12.9. The molecule has 4 rings (SSSR count). The molecule has 7 nitrogen and oxygen atoms in total. The van der Waals surface area contributed by atoms with Crippen LogP contribution in [-0.4, -0.2) is 57.7 Å². The number of fused-ring (bicyclic) bond motifs is 1. The van der Waals surface area contributed by atoms with Crippen molar-refractivity contribution >= 4 is 22.6 Å². The van der Waals surface area contributed by atoms with Crippen molar-refractivity contribution in [3.8, 4) is 28.4 Å². The molecule has 1 atom stereocenters. The van der Waals surface area contributed by atoms with E-state index in [2.05, 4.69) is 29.6 Å². The van der Waals surface area contributed by atoms with Crippen molar-refractivity contribution in [3.05, 3.63) is 54.1 Å². The summed E-state index contributed by atoms with van der Waals surface area (Å²) in [5.41, 5.74) is 2.94. The van der Waals surface area contributed by atoms with Crippen molar-refractivity contribution in [2.45, 2.75) is 26.2 Å². The molecule has 0 aliphatic carbocycles. The molecule has 2 amide bonds. The minimum Gasteiger partial charge on any atom is -0.493 e. The van der Waals surface area contributed by atoms with E-state index in [0.29, 0.717) is 43.3 Å². The van der Waals surface area contributed by atoms with E-state index in [-0.39, 0.29) is 17.7 Å². The van der Waals surface area contributed by atoms with Crippen LogP contribution in [0.5, 0.6) is 17.2 Å². The number of hydrogen-bond acceptors (Lipinski definition) is 5. The largest absolute Gasteiger partial charge is 0.493 e. The summed E-state index contributed by atoms with van der Waals surface area (Å²) in [7, 11) is 4.80. The van der Waals surface area contributed by atoms with Crippen LogP contribution in [0.2, 0.25) is 0 Å². The van der Waals surface area contributed by atoms with Crippen LogP contribution in [0.4, 0.5) is 0 Å². The van der Waals surface area contributed by atoms with Crippen molar-refractivity contribution < 1.29 is 23.8 Å². The predicted molar refractivity (Wildman–Crippen MR) is 141 cm³/mol. The first kappa shape index (κ1) is 25.4. The van der Waals surface area contributed by atoms with Gasteiger partial charge in [0.2, 0.25) is 17.6 Å². The first-order valence-corrected chi connectivity index (χ1v) is 12.4. The van der Waals surface area contributed by atoms with Gasteiger partial charge >= 0.3 is 0 Å². The first-order chi connectivity index (χ1) is 17.5. The molecule has 1 heterocycles. The lowest BCUT2D eigenvalue weighted by Crippen LogP contribution is -2.35. The average Bonchev–Trinajstić information content (AvgIpc) is 3.41. The van der Waals surface area contributed by atoms with E-state index in [9.17, 15) is 9.59 Å². The van der Waals surface area contributed by atoms with E-state index in [1.165, 1.54) is 0 Å². The fraction of sp³-hybridized carbons (Fsp3) is 0.379. The molecule has 0 aromatic heterocycles. The lowest BCUT2D eigenvalue weighted by molar-refractivity contribution is -0.130. The molecule has 0 radical (unpaired) electrons. The third-order valence-corrected chi connectivity index (χ3v) is 6.72. The fourth-order valence-corrected chi connectivity index (χ4v) is 4.71. The van der Waals surface area contributed by atoms with E-state index >= 15 is 0 Å². The Kier molecular flexibility index (Phi) is 7.98. The zero-order valence-electron chi connectivity index (χ0n) is 21.4. The molecular weight excluding hydrogens is 456 g/mol. The number of carbonyl (C=O) groups excluding carboxylic acids is 2. The van der Waals surface area contributed by atoms with Crippen LogP contribution >= 0.6 is 0 Å². The average molecular weight is 491 g/mol. The monoisotopic (exact) mass is 490 g/mol. The molecule has 7 heteroatoms. The van der Waals surface area contributed by atoms with Crippen molar-refractivity contribution in [2.24, 2.45) is 5.92 Å². The molecule has 0 saturated carbocycles. The molecule has 3 aromatic rings. The normalized spacial score (nSPS) is 15.1. The SMILES string of the molecule is CCCNC(=O)[C@H]1CCN(C(=O)Cc2ccc3cc(-c4cc(OC)c(OC)c(OC)c4)ccc3c2)C1. The van der Waals surface area contributed by atoms with E-state index < -0.39 is 0 Å². The number of ether oxygens (including phenoxy) is 3. The number of benzene rings is 3. The maximum Gasteiger partial charge on any atom is 0.227 e. The highest BCUT2D eigenvalue weighted by molar-refractivity contribution is 5.90. The second kappa shape index (κ2) is 11.3.